The number of anilines is 1. The lowest BCUT2D eigenvalue weighted by Crippen LogP contribution is -2.15. The fourth-order valence-corrected chi connectivity index (χ4v) is 2.51. The number of hydrogen-bond acceptors (Lipinski definition) is 3. The maximum absolute atomic E-state index is 11.8. The summed E-state index contributed by atoms with van der Waals surface area (Å²) in [6.45, 7) is 0.381. The topological polar surface area (TPSA) is 55.4 Å². The minimum absolute atomic E-state index is 0.0987. The lowest BCUT2D eigenvalue weighted by molar-refractivity contribution is -0.144. The van der Waals surface area contributed by atoms with E-state index >= 15 is 0 Å². The lowest BCUT2D eigenvalue weighted by Gasteiger charge is -2.06. The van der Waals surface area contributed by atoms with Crippen molar-refractivity contribution in [3.8, 4) is 0 Å². The van der Waals surface area contributed by atoms with Crippen LogP contribution in [0.5, 0.6) is 0 Å². The summed E-state index contributed by atoms with van der Waals surface area (Å²) < 4.78 is 6.26. The molecule has 0 aliphatic heterocycles. The van der Waals surface area contributed by atoms with Crippen LogP contribution in [0.4, 0.5) is 5.69 Å². The molecule has 5 heteroatoms. The molecule has 0 radical (unpaired) electrons. The van der Waals surface area contributed by atoms with Crippen molar-refractivity contribution in [1.82, 2.24) is 0 Å². The second-order valence-corrected chi connectivity index (χ2v) is 6.61. The van der Waals surface area contributed by atoms with Crippen LogP contribution in [0.2, 0.25) is 0 Å². The number of aryl methyl sites for hydroxylation is 1. The first kappa shape index (κ1) is 18.4. The minimum Gasteiger partial charge on any atom is -0.466 e. The average molecular weight is 437 g/mol. The van der Waals surface area contributed by atoms with Crippen LogP contribution < -0.4 is 5.32 Å². The third-order valence-electron chi connectivity index (χ3n) is 3.40. The van der Waals surface area contributed by atoms with Gasteiger partial charge in [0.1, 0.15) is 0 Å². The molecular weight excluding hydrogens is 417 g/mol. The second-order valence-electron chi connectivity index (χ2n) is 5.36. The van der Waals surface area contributed by atoms with Gasteiger partial charge in [-0.3, -0.25) is 9.59 Å². The Kier molecular flexibility index (Phi) is 7.74. The fourth-order valence-electron chi connectivity index (χ4n) is 2.15. The summed E-state index contributed by atoms with van der Waals surface area (Å²) in [6, 6.07) is 17.6. The smallest absolute Gasteiger partial charge is 0.306 e. The summed E-state index contributed by atoms with van der Waals surface area (Å²) in [7, 11) is 0. The third-order valence-corrected chi connectivity index (χ3v) is 4.12. The largest absolute Gasteiger partial charge is 0.466 e. The molecule has 24 heavy (non-hydrogen) atoms. The van der Waals surface area contributed by atoms with Gasteiger partial charge in [0.2, 0.25) is 5.91 Å². The molecule has 2 aromatic rings. The number of esters is 1. The first-order chi connectivity index (χ1) is 11.6. The number of halogens is 1. The van der Waals surface area contributed by atoms with Gasteiger partial charge in [0.25, 0.3) is 0 Å². The predicted molar refractivity (Wildman–Crippen MR) is 103 cm³/mol. The van der Waals surface area contributed by atoms with Gasteiger partial charge in [-0.25, -0.2) is 0 Å². The number of carbonyl (C=O) groups is 2. The SMILES string of the molecule is O=C(CCC(=O)OCCCc1ccccc1)Nc1ccc(I)cc1. The molecule has 0 saturated heterocycles. The number of carbonyl (C=O) groups excluding carboxylic acids is 2. The molecule has 1 amide bonds. The van der Waals surface area contributed by atoms with Crippen LogP contribution in [0, 0.1) is 3.57 Å². The van der Waals surface area contributed by atoms with E-state index in [1.54, 1.807) is 0 Å². The predicted octanol–water partition coefficient (Wildman–Crippen LogP) is 4.19. The molecule has 0 atom stereocenters. The Hall–Kier alpha value is -1.89. The highest BCUT2D eigenvalue weighted by atomic mass is 127. The van der Waals surface area contributed by atoms with E-state index in [0.29, 0.717) is 6.61 Å². The first-order valence-corrected chi connectivity index (χ1v) is 8.96. The Morgan fingerprint density at radius 3 is 2.38 bits per heavy atom. The van der Waals surface area contributed by atoms with Gasteiger partial charge in [-0.05, 0) is 65.3 Å². The molecule has 0 bridgehead atoms. The Morgan fingerprint density at radius 2 is 1.67 bits per heavy atom. The van der Waals surface area contributed by atoms with Gasteiger partial charge in [0.05, 0.1) is 13.0 Å². The van der Waals surface area contributed by atoms with Crippen LogP contribution in [0.15, 0.2) is 54.6 Å². The first-order valence-electron chi connectivity index (χ1n) is 7.88. The van der Waals surface area contributed by atoms with Crippen molar-refractivity contribution in [2.24, 2.45) is 0 Å². The number of hydrogen-bond donors (Lipinski definition) is 1. The van der Waals surface area contributed by atoms with Crippen LogP contribution in [0.3, 0.4) is 0 Å². The van der Waals surface area contributed by atoms with Crippen LogP contribution in [-0.4, -0.2) is 18.5 Å². The van der Waals surface area contributed by atoms with E-state index < -0.39 is 0 Å². The Bertz CT molecular complexity index is 656. The van der Waals surface area contributed by atoms with Crippen LogP contribution in [-0.2, 0) is 20.7 Å². The lowest BCUT2D eigenvalue weighted by atomic mass is 10.1. The van der Waals surface area contributed by atoms with Crippen molar-refractivity contribution in [3.05, 3.63) is 63.7 Å². The van der Waals surface area contributed by atoms with E-state index in [9.17, 15) is 9.59 Å². The van der Waals surface area contributed by atoms with Crippen molar-refractivity contribution in [2.75, 3.05) is 11.9 Å². The normalized spacial score (nSPS) is 10.2. The Labute approximate surface area is 155 Å². The van der Waals surface area contributed by atoms with Crippen LogP contribution in [0.1, 0.15) is 24.8 Å². The summed E-state index contributed by atoms with van der Waals surface area (Å²) in [5.74, 6) is -0.515. The fraction of sp³-hybridized carbons (Fsp3) is 0.263. The molecule has 2 aromatic carbocycles. The highest BCUT2D eigenvalue weighted by Crippen LogP contribution is 2.11. The molecule has 0 aliphatic rings. The van der Waals surface area contributed by atoms with E-state index in [1.807, 2.05) is 42.5 Å². The Morgan fingerprint density at radius 1 is 0.958 bits per heavy atom. The molecule has 4 nitrogen and oxygen atoms in total. The van der Waals surface area contributed by atoms with Crippen molar-refractivity contribution >= 4 is 40.2 Å². The highest BCUT2D eigenvalue weighted by molar-refractivity contribution is 14.1. The zero-order chi connectivity index (χ0) is 17.2. The van der Waals surface area contributed by atoms with Crippen molar-refractivity contribution in [3.63, 3.8) is 0 Å². The number of amides is 1. The van der Waals surface area contributed by atoms with E-state index in [-0.39, 0.29) is 24.7 Å². The molecule has 1 N–H and O–H groups in total. The van der Waals surface area contributed by atoms with Crippen molar-refractivity contribution in [1.29, 1.82) is 0 Å². The molecule has 0 fully saturated rings. The molecule has 0 heterocycles. The van der Waals surface area contributed by atoms with Gasteiger partial charge in [0, 0.05) is 15.7 Å². The minimum atomic E-state index is -0.333. The average Bonchev–Trinajstić information content (AvgIpc) is 2.60. The summed E-state index contributed by atoms with van der Waals surface area (Å²) in [5, 5.41) is 2.76. The molecular formula is C19H20INO3. The number of rotatable bonds is 8. The Balaban J connectivity index is 1.58. The van der Waals surface area contributed by atoms with Crippen molar-refractivity contribution in [2.45, 2.75) is 25.7 Å². The van der Waals surface area contributed by atoms with Gasteiger partial charge in [-0.15, -0.1) is 0 Å². The van der Waals surface area contributed by atoms with Gasteiger partial charge in [0.15, 0.2) is 0 Å². The molecule has 0 aliphatic carbocycles. The summed E-state index contributed by atoms with van der Waals surface area (Å²) in [4.78, 5) is 23.4. The molecule has 0 unspecified atom stereocenters. The maximum atomic E-state index is 11.8. The quantitative estimate of drug-likeness (QED) is 0.383. The molecule has 0 saturated carbocycles. The molecule has 0 spiro atoms. The number of nitrogens with one attached hydrogen (secondary N) is 1. The molecule has 0 aromatic heterocycles. The molecule has 126 valence electrons. The van der Waals surface area contributed by atoms with Gasteiger partial charge < -0.3 is 10.1 Å². The highest BCUT2D eigenvalue weighted by Gasteiger charge is 2.08. The van der Waals surface area contributed by atoms with Crippen LogP contribution in [0.25, 0.3) is 0 Å². The third kappa shape index (κ3) is 7.12. The van der Waals surface area contributed by atoms with Crippen LogP contribution >= 0.6 is 22.6 Å². The zero-order valence-electron chi connectivity index (χ0n) is 13.3. The number of ether oxygens (including phenoxy) is 1. The van der Waals surface area contributed by atoms with Gasteiger partial charge in [-0.1, -0.05) is 30.3 Å². The van der Waals surface area contributed by atoms with Crippen molar-refractivity contribution < 1.29 is 14.3 Å². The van der Waals surface area contributed by atoms with E-state index in [1.165, 1.54) is 5.56 Å². The summed E-state index contributed by atoms with van der Waals surface area (Å²) >= 11 is 2.20. The van der Waals surface area contributed by atoms with E-state index in [4.69, 9.17) is 4.74 Å². The monoisotopic (exact) mass is 437 g/mol. The summed E-state index contributed by atoms with van der Waals surface area (Å²) in [5.41, 5.74) is 1.96. The van der Waals surface area contributed by atoms with E-state index in [0.717, 1.165) is 22.1 Å². The van der Waals surface area contributed by atoms with Gasteiger partial charge >= 0.3 is 5.97 Å². The number of benzene rings is 2. The second kappa shape index (κ2) is 10.1. The standard InChI is InChI=1S/C19H20INO3/c20-16-8-10-17(11-9-16)21-18(22)12-13-19(23)24-14-4-7-15-5-2-1-3-6-15/h1-3,5-6,8-11H,4,7,12-14H2,(H,21,22). The van der Waals surface area contributed by atoms with Gasteiger partial charge in [-0.2, -0.15) is 0 Å². The zero-order valence-corrected chi connectivity index (χ0v) is 15.5. The van der Waals surface area contributed by atoms with E-state index in [2.05, 4.69) is 40.0 Å². The summed E-state index contributed by atoms with van der Waals surface area (Å²) in [6.07, 6.45) is 1.89. The maximum Gasteiger partial charge on any atom is 0.306 e. The molecule has 2 rings (SSSR count).